The predicted molar refractivity (Wildman–Crippen MR) is 111 cm³/mol. The molecule has 3 rings (SSSR count). The highest BCUT2D eigenvalue weighted by atomic mass is 35.5. The molecule has 0 bridgehead atoms. The fourth-order valence-corrected chi connectivity index (χ4v) is 2.10. The highest BCUT2D eigenvalue weighted by molar-refractivity contribution is 5.93. The number of imidazole rings is 1. The van der Waals surface area contributed by atoms with Gasteiger partial charge < -0.3 is 30.9 Å². The van der Waals surface area contributed by atoms with Gasteiger partial charge in [0.25, 0.3) is 0 Å². The molecule has 0 unspecified atom stereocenters. The van der Waals surface area contributed by atoms with E-state index in [1.807, 2.05) is 0 Å². The number of hydrogen-bond donors (Lipinski definition) is 4. The maximum Gasteiger partial charge on any atom is 0.337 e. The number of aromatic amines is 2. The first-order valence-electron chi connectivity index (χ1n) is 7.39. The standard InChI is InChI=1S/C9H8N2O3.C8H10N2O2.2ClH/c1-14-8(12)5-2-3-6-7(4-5)11-9(13)10-6;1-12-8(11)5-2-3-6(9)7(10)4-5;;/h2-4H,1H3,(H2,10,11,13);2-4H,9-10H2,1H3;2*1H. The van der Waals surface area contributed by atoms with Crippen molar-refractivity contribution in [3.05, 3.63) is 58.0 Å². The number of hydrogen-bond acceptors (Lipinski definition) is 7. The molecule has 0 radical (unpaired) electrons. The Morgan fingerprint density at radius 3 is 1.82 bits per heavy atom. The number of anilines is 2. The van der Waals surface area contributed by atoms with Crippen molar-refractivity contribution >= 4 is 59.2 Å². The van der Waals surface area contributed by atoms with Crippen LogP contribution >= 0.6 is 24.8 Å². The molecule has 0 atom stereocenters. The van der Waals surface area contributed by atoms with E-state index in [0.29, 0.717) is 33.5 Å². The summed E-state index contributed by atoms with van der Waals surface area (Å²) >= 11 is 0. The first-order chi connectivity index (χ1) is 12.3. The quantitative estimate of drug-likeness (QED) is 0.358. The van der Waals surface area contributed by atoms with Crippen LogP contribution in [0.15, 0.2) is 41.2 Å². The number of methoxy groups -OCH3 is 2. The van der Waals surface area contributed by atoms with Crippen molar-refractivity contribution in [1.82, 2.24) is 9.97 Å². The Balaban J connectivity index is 0.000000492. The summed E-state index contributed by atoms with van der Waals surface area (Å²) in [6.45, 7) is 0. The second kappa shape index (κ2) is 10.9. The average molecular weight is 431 g/mol. The minimum Gasteiger partial charge on any atom is -0.465 e. The molecular formula is C17H20Cl2N4O5. The van der Waals surface area contributed by atoms with Gasteiger partial charge in [0.1, 0.15) is 0 Å². The van der Waals surface area contributed by atoms with Crippen LogP contribution in [0.5, 0.6) is 0 Å². The number of nitrogen functional groups attached to an aromatic ring is 2. The molecule has 11 heteroatoms. The van der Waals surface area contributed by atoms with Crippen LogP contribution in [-0.2, 0) is 9.47 Å². The van der Waals surface area contributed by atoms with Gasteiger partial charge in [0.05, 0.1) is 47.8 Å². The van der Waals surface area contributed by atoms with Gasteiger partial charge in [-0.2, -0.15) is 0 Å². The topological polar surface area (TPSA) is 153 Å². The molecule has 0 aliphatic carbocycles. The van der Waals surface area contributed by atoms with Crippen molar-refractivity contribution in [3.8, 4) is 0 Å². The van der Waals surface area contributed by atoms with Crippen molar-refractivity contribution in [2.45, 2.75) is 0 Å². The summed E-state index contributed by atoms with van der Waals surface area (Å²) in [6, 6.07) is 9.44. The van der Waals surface area contributed by atoms with Gasteiger partial charge in [-0.15, -0.1) is 24.8 Å². The Morgan fingerprint density at radius 1 is 0.786 bits per heavy atom. The maximum atomic E-state index is 11.1. The number of ether oxygens (including phenoxy) is 2. The molecule has 0 fully saturated rings. The minimum absolute atomic E-state index is 0. The highest BCUT2D eigenvalue weighted by Gasteiger charge is 2.07. The number of halogens is 2. The van der Waals surface area contributed by atoms with E-state index in [-0.39, 0.29) is 30.5 Å². The second-order valence-corrected chi connectivity index (χ2v) is 5.17. The van der Waals surface area contributed by atoms with Crippen molar-refractivity contribution in [2.75, 3.05) is 25.7 Å². The van der Waals surface area contributed by atoms with Gasteiger partial charge in [-0.1, -0.05) is 0 Å². The molecule has 0 aliphatic rings. The molecule has 0 saturated heterocycles. The minimum atomic E-state index is -0.422. The number of benzene rings is 2. The van der Waals surface area contributed by atoms with E-state index in [0.717, 1.165) is 0 Å². The zero-order chi connectivity index (χ0) is 19.3. The zero-order valence-corrected chi connectivity index (χ0v) is 16.6. The van der Waals surface area contributed by atoms with Crippen LogP contribution in [0.4, 0.5) is 11.4 Å². The number of carbonyl (C=O) groups excluding carboxylic acids is 2. The monoisotopic (exact) mass is 430 g/mol. The number of rotatable bonds is 2. The van der Waals surface area contributed by atoms with E-state index in [1.165, 1.54) is 20.3 Å². The zero-order valence-electron chi connectivity index (χ0n) is 15.0. The third-order valence-electron chi connectivity index (χ3n) is 3.44. The van der Waals surface area contributed by atoms with E-state index in [4.69, 9.17) is 11.5 Å². The van der Waals surface area contributed by atoms with Gasteiger partial charge in [0, 0.05) is 0 Å². The smallest absolute Gasteiger partial charge is 0.337 e. The molecule has 9 nitrogen and oxygen atoms in total. The lowest BCUT2D eigenvalue weighted by atomic mass is 10.2. The maximum absolute atomic E-state index is 11.1. The predicted octanol–water partition coefficient (Wildman–Crippen LogP) is 2.12. The van der Waals surface area contributed by atoms with Gasteiger partial charge in [0.15, 0.2) is 0 Å². The van der Waals surface area contributed by atoms with E-state index in [2.05, 4.69) is 19.4 Å². The lowest BCUT2D eigenvalue weighted by molar-refractivity contribution is 0.0592. The van der Waals surface area contributed by atoms with Crippen LogP contribution in [0, 0.1) is 0 Å². The van der Waals surface area contributed by atoms with Crippen LogP contribution in [0.1, 0.15) is 20.7 Å². The second-order valence-electron chi connectivity index (χ2n) is 5.17. The molecular weight excluding hydrogens is 411 g/mol. The van der Waals surface area contributed by atoms with Gasteiger partial charge in [-0.05, 0) is 36.4 Å². The molecule has 1 heterocycles. The summed E-state index contributed by atoms with van der Waals surface area (Å²) in [5.74, 6) is -0.837. The normalized spacial score (nSPS) is 9.21. The van der Waals surface area contributed by atoms with Crippen LogP contribution in [-0.4, -0.2) is 36.1 Å². The molecule has 3 aromatic rings. The van der Waals surface area contributed by atoms with E-state index in [1.54, 1.807) is 30.3 Å². The van der Waals surface area contributed by atoms with Gasteiger partial charge in [-0.25, -0.2) is 14.4 Å². The molecule has 0 saturated carbocycles. The Kier molecular flexibility index (Phi) is 9.62. The van der Waals surface area contributed by atoms with Crippen LogP contribution in [0.3, 0.4) is 0 Å². The van der Waals surface area contributed by atoms with E-state index >= 15 is 0 Å². The number of aromatic nitrogens is 2. The molecule has 28 heavy (non-hydrogen) atoms. The summed E-state index contributed by atoms with van der Waals surface area (Å²) in [7, 11) is 2.63. The average Bonchev–Trinajstić information content (AvgIpc) is 3.02. The van der Waals surface area contributed by atoms with Crippen molar-refractivity contribution in [2.24, 2.45) is 0 Å². The third-order valence-corrected chi connectivity index (χ3v) is 3.44. The Bertz CT molecular complexity index is 1020. The molecule has 152 valence electrons. The molecule has 2 aromatic carbocycles. The lowest BCUT2D eigenvalue weighted by Crippen LogP contribution is -2.03. The number of fused-ring (bicyclic) bond motifs is 1. The fraction of sp³-hybridized carbons (Fsp3) is 0.118. The lowest BCUT2D eigenvalue weighted by Gasteiger charge is -2.02. The van der Waals surface area contributed by atoms with Gasteiger partial charge in [-0.3, -0.25) is 0 Å². The largest absolute Gasteiger partial charge is 0.465 e. The molecule has 0 aliphatic heterocycles. The Labute approximate surface area is 172 Å². The molecule has 0 spiro atoms. The van der Waals surface area contributed by atoms with Gasteiger partial charge in [0.2, 0.25) is 0 Å². The number of nitrogens with two attached hydrogens (primary N) is 2. The Hall–Kier alpha value is -3.17. The molecule has 1 aromatic heterocycles. The van der Waals surface area contributed by atoms with Gasteiger partial charge >= 0.3 is 17.6 Å². The van der Waals surface area contributed by atoms with Crippen molar-refractivity contribution in [1.29, 1.82) is 0 Å². The summed E-state index contributed by atoms with van der Waals surface area (Å²) < 4.78 is 9.05. The summed E-state index contributed by atoms with van der Waals surface area (Å²) in [4.78, 5) is 38.1. The summed E-state index contributed by atoms with van der Waals surface area (Å²) in [6.07, 6.45) is 0. The fourth-order valence-electron chi connectivity index (χ4n) is 2.10. The Morgan fingerprint density at radius 2 is 1.29 bits per heavy atom. The van der Waals surface area contributed by atoms with E-state index in [9.17, 15) is 14.4 Å². The molecule has 0 amide bonds. The number of carbonyl (C=O) groups is 2. The SMILES string of the molecule is COC(=O)c1ccc(N)c(N)c1.COC(=O)c1ccc2[nH]c(=O)[nH]c2c1.Cl.Cl. The van der Waals surface area contributed by atoms with Crippen LogP contribution in [0.2, 0.25) is 0 Å². The first-order valence-corrected chi connectivity index (χ1v) is 7.39. The number of esters is 2. The summed E-state index contributed by atoms with van der Waals surface area (Å²) in [5.41, 5.74) is 13.6. The van der Waals surface area contributed by atoms with E-state index < -0.39 is 11.9 Å². The van der Waals surface area contributed by atoms with Crippen molar-refractivity contribution < 1.29 is 19.1 Å². The molecule has 6 N–H and O–H groups in total. The number of H-pyrrole nitrogens is 2. The first kappa shape index (κ1) is 24.8. The third kappa shape index (κ3) is 5.93. The summed E-state index contributed by atoms with van der Waals surface area (Å²) in [5, 5.41) is 0. The van der Waals surface area contributed by atoms with Crippen molar-refractivity contribution in [3.63, 3.8) is 0 Å². The van der Waals surface area contributed by atoms with Crippen LogP contribution < -0.4 is 17.2 Å². The highest BCUT2D eigenvalue weighted by Crippen LogP contribution is 2.16. The van der Waals surface area contributed by atoms with Crippen LogP contribution in [0.25, 0.3) is 11.0 Å². The number of nitrogens with one attached hydrogen (secondary N) is 2.